The molecule has 3 fully saturated rings. The van der Waals surface area contributed by atoms with Crippen LogP contribution in [0.5, 0.6) is 0 Å². The smallest absolute Gasteiger partial charge is 0.0757 e. The van der Waals surface area contributed by atoms with E-state index in [4.69, 9.17) is 0 Å². The largest absolute Gasteiger partial charge is 0.393 e. The molecule has 0 bridgehead atoms. The second kappa shape index (κ2) is 8.11. The standard InChI is InChI=1S/C27H46O4/c1-16(7-6-11-25(2,3)31)19-8-9-20-24-21(15-23(30)27(19,20)5)26(4)12-10-18(28)13-17(26)14-22(24)29/h14,16,18-24,28-31H,6-13,15H2,1-5H3/t16-,18?,19-,20+,21+,22-,23+,24+,26+,27-/m1/s1. The quantitative estimate of drug-likeness (QED) is 0.482. The SMILES string of the molecule is C[C@H](CCCC(C)(C)O)[C@H]1CC[C@H]2[C@@H]3[C@H](O)C=C4CC(O)CC[C@]4(C)[C@H]3C[C@H](O)[C@]12C. The van der Waals surface area contributed by atoms with Gasteiger partial charge >= 0.3 is 0 Å². The first-order valence-corrected chi connectivity index (χ1v) is 12.9. The second-order valence-electron chi connectivity index (χ2n) is 12.8. The van der Waals surface area contributed by atoms with Gasteiger partial charge in [0.15, 0.2) is 0 Å². The molecule has 0 aromatic rings. The molecule has 0 spiro atoms. The molecule has 10 atom stereocenters. The molecule has 4 nitrogen and oxygen atoms in total. The highest BCUT2D eigenvalue weighted by molar-refractivity contribution is 5.28. The van der Waals surface area contributed by atoms with Gasteiger partial charge in [-0.3, -0.25) is 0 Å². The molecule has 0 aromatic carbocycles. The van der Waals surface area contributed by atoms with Crippen LogP contribution in [0.4, 0.5) is 0 Å². The van der Waals surface area contributed by atoms with E-state index in [0.717, 1.165) is 51.4 Å². The van der Waals surface area contributed by atoms with Crippen LogP contribution in [0.3, 0.4) is 0 Å². The van der Waals surface area contributed by atoms with Crippen molar-refractivity contribution in [1.82, 2.24) is 0 Å². The maximum Gasteiger partial charge on any atom is 0.0757 e. The van der Waals surface area contributed by atoms with Gasteiger partial charge in [0.25, 0.3) is 0 Å². The third kappa shape index (κ3) is 3.94. The normalized spacial score (nSPS) is 48.4. The van der Waals surface area contributed by atoms with Crippen LogP contribution in [-0.4, -0.2) is 44.3 Å². The molecule has 1 unspecified atom stereocenters. The Morgan fingerprint density at radius 3 is 2.48 bits per heavy atom. The number of aliphatic hydroxyl groups excluding tert-OH is 3. The van der Waals surface area contributed by atoms with Gasteiger partial charge in [0.05, 0.1) is 23.9 Å². The predicted molar refractivity (Wildman–Crippen MR) is 123 cm³/mol. The highest BCUT2D eigenvalue weighted by Gasteiger charge is 2.64. The lowest BCUT2D eigenvalue weighted by Crippen LogP contribution is -2.59. The van der Waals surface area contributed by atoms with Crippen molar-refractivity contribution < 1.29 is 20.4 Å². The van der Waals surface area contributed by atoms with Crippen molar-refractivity contribution in [1.29, 1.82) is 0 Å². The van der Waals surface area contributed by atoms with Crippen molar-refractivity contribution in [2.24, 2.45) is 40.4 Å². The summed E-state index contributed by atoms with van der Waals surface area (Å²) in [5, 5.41) is 43.2. The van der Waals surface area contributed by atoms with Crippen molar-refractivity contribution in [3.8, 4) is 0 Å². The lowest BCUT2D eigenvalue weighted by molar-refractivity contribution is -0.158. The van der Waals surface area contributed by atoms with E-state index in [1.807, 2.05) is 13.8 Å². The topological polar surface area (TPSA) is 80.9 Å². The van der Waals surface area contributed by atoms with Gasteiger partial charge in [-0.15, -0.1) is 0 Å². The predicted octanol–water partition coefficient (Wildman–Crippen LogP) is 4.45. The molecule has 3 saturated carbocycles. The zero-order valence-electron chi connectivity index (χ0n) is 20.3. The van der Waals surface area contributed by atoms with Gasteiger partial charge in [-0.1, -0.05) is 45.3 Å². The lowest BCUT2D eigenvalue weighted by atomic mass is 9.45. The van der Waals surface area contributed by atoms with Gasteiger partial charge in [0, 0.05) is 0 Å². The number of hydrogen-bond acceptors (Lipinski definition) is 4. The van der Waals surface area contributed by atoms with Crippen molar-refractivity contribution in [2.75, 3.05) is 0 Å². The fourth-order valence-corrected chi connectivity index (χ4v) is 8.62. The van der Waals surface area contributed by atoms with E-state index >= 15 is 0 Å². The summed E-state index contributed by atoms with van der Waals surface area (Å²) in [6.45, 7) is 10.7. The molecular weight excluding hydrogens is 388 g/mol. The van der Waals surface area contributed by atoms with Crippen molar-refractivity contribution in [3.63, 3.8) is 0 Å². The third-order valence-electron chi connectivity index (χ3n) is 10.4. The van der Waals surface area contributed by atoms with E-state index in [0.29, 0.717) is 30.1 Å². The summed E-state index contributed by atoms with van der Waals surface area (Å²) in [6.07, 6.45) is 9.36. The highest BCUT2D eigenvalue weighted by atomic mass is 16.3. The second-order valence-corrected chi connectivity index (χ2v) is 12.8. The molecule has 4 heteroatoms. The molecule has 4 rings (SSSR count). The van der Waals surface area contributed by atoms with Crippen LogP contribution in [0.15, 0.2) is 11.6 Å². The number of hydrogen-bond donors (Lipinski definition) is 4. The fraction of sp³-hybridized carbons (Fsp3) is 0.926. The van der Waals surface area contributed by atoms with Gasteiger partial charge in [-0.2, -0.15) is 0 Å². The van der Waals surface area contributed by atoms with Crippen LogP contribution in [0.1, 0.15) is 92.4 Å². The van der Waals surface area contributed by atoms with Gasteiger partial charge in [-0.25, -0.2) is 0 Å². The maximum atomic E-state index is 11.6. The summed E-state index contributed by atoms with van der Waals surface area (Å²) >= 11 is 0. The van der Waals surface area contributed by atoms with Crippen LogP contribution in [0.25, 0.3) is 0 Å². The molecule has 0 heterocycles. The van der Waals surface area contributed by atoms with Crippen molar-refractivity contribution in [3.05, 3.63) is 11.6 Å². The maximum absolute atomic E-state index is 11.6. The fourth-order valence-electron chi connectivity index (χ4n) is 8.62. The molecule has 0 saturated heterocycles. The van der Waals surface area contributed by atoms with Gasteiger partial charge in [0.1, 0.15) is 0 Å². The van der Waals surface area contributed by atoms with Crippen LogP contribution >= 0.6 is 0 Å². The van der Waals surface area contributed by atoms with E-state index in [1.54, 1.807) is 0 Å². The first-order chi connectivity index (χ1) is 14.4. The molecule has 0 amide bonds. The molecule has 178 valence electrons. The monoisotopic (exact) mass is 434 g/mol. The zero-order valence-corrected chi connectivity index (χ0v) is 20.3. The van der Waals surface area contributed by atoms with Crippen LogP contribution in [-0.2, 0) is 0 Å². The summed E-state index contributed by atoms with van der Waals surface area (Å²) < 4.78 is 0. The minimum atomic E-state index is -0.612. The van der Waals surface area contributed by atoms with E-state index in [1.165, 1.54) is 5.57 Å². The Labute approximate surface area is 189 Å². The number of fused-ring (bicyclic) bond motifs is 5. The molecule has 31 heavy (non-hydrogen) atoms. The minimum absolute atomic E-state index is 0.00183. The summed E-state index contributed by atoms with van der Waals surface area (Å²) in [4.78, 5) is 0. The molecule has 0 radical (unpaired) electrons. The van der Waals surface area contributed by atoms with Gasteiger partial charge in [0.2, 0.25) is 0 Å². The van der Waals surface area contributed by atoms with Crippen LogP contribution in [0.2, 0.25) is 0 Å². The van der Waals surface area contributed by atoms with E-state index in [9.17, 15) is 20.4 Å². The lowest BCUT2D eigenvalue weighted by Gasteiger charge is -2.61. The summed E-state index contributed by atoms with van der Waals surface area (Å²) in [5.74, 6) is 1.84. The Morgan fingerprint density at radius 2 is 1.81 bits per heavy atom. The minimum Gasteiger partial charge on any atom is -0.393 e. The van der Waals surface area contributed by atoms with Crippen LogP contribution < -0.4 is 0 Å². The first kappa shape index (κ1) is 23.7. The van der Waals surface area contributed by atoms with Crippen molar-refractivity contribution >= 4 is 0 Å². The molecule has 4 aliphatic carbocycles. The molecule has 4 N–H and O–H groups in total. The number of rotatable bonds is 5. The molecule has 0 aromatic heterocycles. The highest BCUT2D eigenvalue weighted by Crippen LogP contribution is 2.67. The molecular formula is C27H46O4. The zero-order chi connectivity index (χ0) is 22.8. The summed E-state index contributed by atoms with van der Waals surface area (Å²) in [5.41, 5.74) is 0.470. The molecule has 4 aliphatic rings. The van der Waals surface area contributed by atoms with Gasteiger partial charge < -0.3 is 20.4 Å². The van der Waals surface area contributed by atoms with Gasteiger partial charge in [-0.05, 0) is 99.2 Å². The van der Waals surface area contributed by atoms with Crippen molar-refractivity contribution in [2.45, 2.75) is 116 Å². The van der Waals surface area contributed by atoms with E-state index in [2.05, 4.69) is 26.8 Å². The number of aliphatic hydroxyl groups is 4. The Hall–Kier alpha value is -0.420. The average molecular weight is 435 g/mol. The van der Waals surface area contributed by atoms with E-state index in [-0.39, 0.29) is 29.0 Å². The van der Waals surface area contributed by atoms with E-state index < -0.39 is 11.7 Å². The first-order valence-electron chi connectivity index (χ1n) is 12.9. The Bertz CT molecular complexity index is 696. The Morgan fingerprint density at radius 1 is 1.10 bits per heavy atom. The average Bonchev–Trinajstić information content (AvgIpc) is 3.01. The summed E-state index contributed by atoms with van der Waals surface area (Å²) in [7, 11) is 0. The Balaban J connectivity index is 1.57. The Kier molecular flexibility index (Phi) is 6.21. The molecule has 0 aliphatic heterocycles. The third-order valence-corrected chi connectivity index (χ3v) is 10.4. The van der Waals surface area contributed by atoms with Crippen LogP contribution in [0, 0.1) is 40.4 Å². The summed E-state index contributed by atoms with van der Waals surface area (Å²) in [6, 6.07) is 0.